The van der Waals surface area contributed by atoms with Crippen molar-refractivity contribution in [3.05, 3.63) is 122 Å². The number of nitrogens with zero attached hydrogens (tertiary/aromatic N) is 8. The minimum Gasteiger partial charge on any atom is -0.494 e. The lowest BCUT2D eigenvalue weighted by atomic mass is 10.2. The molecule has 0 radical (unpaired) electrons. The van der Waals surface area contributed by atoms with Crippen LogP contribution < -0.4 is 40.2 Å². The number of aliphatic carboxylic acids is 1. The van der Waals surface area contributed by atoms with Gasteiger partial charge in [0.2, 0.25) is 11.9 Å². The number of carbonyl (C=O) groups excluding carboxylic acids is 3. The molecule has 0 unspecified atom stereocenters. The molecular weight excluding hydrogens is 1080 g/mol. The van der Waals surface area contributed by atoms with Crippen molar-refractivity contribution in [3.8, 4) is 34.4 Å². The highest BCUT2D eigenvalue weighted by molar-refractivity contribution is 5.76. The van der Waals surface area contributed by atoms with Crippen molar-refractivity contribution in [2.75, 3.05) is 56.8 Å². The Morgan fingerprint density at radius 3 is 1.24 bits per heavy atom. The normalized spacial score (nSPS) is 11.2. The average molecular weight is 1150 g/mol. The maximum Gasteiger partial charge on any atom is 0.407 e. The quantitative estimate of drug-likeness (QED) is 0.0182. The molecule has 24 nitrogen and oxygen atoms in total. The van der Waals surface area contributed by atoms with Gasteiger partial charge in [-0.25, -0.2) is 29.5 Å². The lowest BCUT2D eigenvalue weighted by molar-refractivity contribution is -0.143. The molecule has 444 valence electrons. The summed E-state index contributed by atoms with van der Waals surface area (Å²) in [5, 5.41) is 20.6. The number of anilines is 4. The minimum absolute atomic E-state index is 0.0732. The van der Waals surface area contributed by atoms with Gasteiger partial charge in [0, 0.05) is 48.7 Å². The summed E-state index contributed by atoms with van der Waals surface area (Å²) in [7, 11) is 0. The Balaban J connectivity index is 0.000000241. The smallest absolute Gasteiger partial charge is 0.407 e. The molecule has 24 heteroatoms. The van der Waals surface area contributed by atoms with Gasteiger partial charge >= 0.3 is 24.1 Å². The summed E-state index contributed by atoms with van der Waals surface area (Å²) in [5.41, 5.74) is 4.86. The maximum atomic E-state index is 11.7. The van der Waals surface area contributed by atoms with E-state index < -0.39 is 29.4 Å². The monoisotopic (exact) mass is 1150 g/mol. The number of carboxylic acids is 1. The van der Waals surface area contributed by atoms with Gasteiger partial charge in [-0.3, -0.25) is 18.7 Å². The number of ether oxygens (including phenoxy) is 7. The first-order chi connectivity index (χ1) is 40.4. The van der Waals surface area contributed by atoms with Gasteiger partial charge in [0.25, 0.3) is 0 Å². The van der Waals surface area contributed by atoms with Crippen LogP contribution in [0.1, 0.15) is 87.0 Å². The molecule has 5 N–H and O–H groups in total. The molecular formula is C60H72N12O12. The molecule has 4 aromatic heterocycles. The molecule has 84 heavy (non-hydrogen) atoms. The van der Waals surface area contributed by atoms with E-state index in [2.05, 4.69) is 51.2 Å². The largest absolute Gasteiger partial charge is 0.494 e. The highest BCUT2D eigenvalue weighted by Crippen LogP contribution is 2.25. The average Bonchev–Trinajstić information content (AvgIpc) is 2.82. The van der Waals surface area contributed by atoms with Crippen LogP contribution >= 0.6 is 0 Å². The fourth-order valence-electron chi connectivity index (χ4n) is 7.64. The zero-order valence-electron chi connectivity index (χ0n) is 48.3. The number of hydrogen-bond acceptors (Lipinski definition) is 19. The molecule has 0 saturated heterocycles. The number of hydrogen-bond donors (Lipinski definition) is 5. The molecule has 4 heterocycles. The number of alkyl carbamates (subject to hydrolysis) is 2. The molecule has 8 aromatic rings. The molecule has 2 amide bonds. The summed E-state index contributed by atoms with van der Waals surface area (Å²) >= 11 is 0. The van der Waals surface area contributed by atoms with Crippen LogP contribution in [-0.4, -0.2) is 126 Å². The Bertz CT molecular complexity index is 3380. The third kappa shape index (κ3) is 20.7. The zero-order valence-corrected chi connectivity index (χ0v) is 48.3. The van der Waals surface area contributed by atoms with E-state index in [1.807, 2.05) is 148 Å². The van der Waals surface area contributed by atoms with Crippen molar-refractivity contribution in [2.24, 2.45) is 0 Å². The Kier molecular flexibility index (Phi) is 22.4. The summed E-state index contributed by atoms with van der Waals surface area (Å²) in [4.78, 5) is 72.4. The van der Waals surface area contributed by atoms with Gasteiger partial charge in [0.05, 0.1) is 45.4 Å². The van der Waals surface area contributed by atoms with Crippen LogP contribution in [0.15, 0.2) is 122 Å². The van der Waals surface area contributed by atoms with Crippen molar-refractivity contribution in [2.45, 2.75) is 98.2 Å². The molecule has 0 atom stereocenters. The number of carbonyl (C=O) groups is 4. The van der Waals surface area contributed by atoms with Gasteiger partial charge < -0.3 is 59.5 Å². The van der Waals surface area contributed by atoms with Crippen LogP contribution in [0, 0.1) is 0 Å². The summed E-state index contributed by atoms with van der Waals surface area (Å²) in [6.07, 6.45) is 8.56. The highest BCUT2D eigenvalue weighted by atomic mass is 16.6. The van der Waals surface area contributed by atoms with E-state index in [1.54, 1.807) is 32.0 Å². The van der Waals surface area contributed by atoms with Crippen molar-refractivity contribution in [1.82, 2.24) is 49.7 Å². The summed E-state index contributed by atoms with van der Waals surface area (Å²) in [6, 6.07) is 29.9. The summed E-state index contributed by atoms with van der Waals surface area (Å²) in [5.74, 6) is 2.58. The Morgan fingerprint density at radius 1 is 0.500 bits per heavy atom. The molecule has 0 aliphatic heterocycles. The minimum atomic E-state index is -0.837. The number of amides is 2. The van der Waals surface area contributed by atoms with Crippen molar-refractivity contribution >= 4 is 69.7 Å². The number of carboxylic acid groups (broad SMARTS) is 1. The molecule has 8 rings (SSSR count). The molecule has 0 fully saturated rings. The lowest BCUT2D eigenvalue weighted by Gasteiger charge is -2.19. The second-order valence-electron chi connectivity index (χ2n) is 20.7. The Hall–Kier alpha value is -9.74. The maximum absolute atomic E-state index is 11.7. The summed E-state index contributed by atoms with van der Waals surface area (Å²) in [6.45, 7) is 15.7. The lowest BCUT2D eigenvalue weighted by Crippen LogP contribution is -2.33. The molecule has 4 aromatic carbocycles. The van der Waals surface area contributed by atoms with E-state index >= 15 is 0 Å². The van der Waals surface area contributed by atoms with Crippen molar-refractivity contribution in [1.29, 1.82) is 0 Å². The van der Waals surface area contributed by atoms with Crippen LogP contribution in [0.2, 0.25) is 0 Å². The molecule has 0 aliphatic rings. The van der Waals surface area contributed by atoms with Crippen LogP contribution in [-0.2, 0) is 23.8 Å². The van der Waals surface area contributed by atoms with E-state index in [-0.39, 0.29) is 12.4 Å². The number of aromatic nitrogens is 8. The van der Waals surface area contributed by atoms with Gasteiger partial charge in [-0.2, -0.15) is 9.97 Å². The number of benzene rings is 4. The van der Waals surface area contributed by atoms with Crippen LogP contribution in [0.5, 0.6) is 23.0 Å². The van der Waals surface area contributed by atoms with E-state index in [0.29, 0.717) is 135 Å². The van der Waals surface area contributed by atoms with E-state index in [4.69, 9.17) is 38.3 Å². The SMILES string of the molecule is CC(C)(C)OC(=O)NCCCOc1ccc(Nc2ncc3ncn(-c4ccc(OCCCC(=O)O)cc4)c3n2)cc1.CCOC(=O)CCCOc1ccc(-n2cnc3cnc(Nc4ccc(OCCCNC(=O)OC(C)(C)C)cc4)nc32)cc1. The second kappa shape index (κ2) is 30.4. The van der Waals surface area contributed by atoms with Gasteiger partial charge in [-0.1, -0.05) is 0 Å². The first-order valence-electron chi connectivity index (χ1n) is 27.5. The number of esters is 1. The van der Waals surface area contributed by atoms with Crippen molar-refractivity contribution in [3.63, 3.8) is 0 Å². The van der Waals surface area contributed by atoms with Gasteiger partial charge in [-0.15, -0.1) is 0 Å². The first kappa shape index (κ1) is 61.9. The second-order valence-corrected chi connectivity index (χ2v) is 20.7. The van der Waals surface area contributed by atoms with E-state index in [1.165, 1.54) is 0 Å². The standard InChI is InChI=1S/C31H38N6O6.C29H34N6O6/c1-5-40-27(38)8-6-18-41-25-15-11-23(12-16-25)37-21-34-26-20-33-29(36-28(26)37)35-22-9-13-24(14-10-22)42-19-7-17-32-30(39)43-31(2,3)4;1-29(2,3)41-28(38)30-15-5-17-40-22-11-7-20(8-12-22)33-27-31-18-24-26(34-27)35(19-32-24)21-9-13-23(14-10-21)39-16-4-6-25(36)37/h9-16,20-21H,5-8,17-19H2,1-4H3,(H,32,39)(H,33,35,36);7-14,18-19H,4-6,15-17H2,1-3H3,(H,30,38)(H,36,37)(H,31,33,34). The molecule has 0 aliphatic carbocycles. The predicted octanol–water partition coefficient (Wildman–Crippen LogP) is 10.7. The Morgan fingerprint density at radius 2 is 0.869 bits per heavy atom. The summed E-state index contributed by atoms with van der Waals surface area (Å²) < 4.78 is 42.0. The van der Waals surface area contributed by atoms with Crippen LogP contribution in [0.3, 0.4) is 0 Å². The van der Waals surface area contributed by atoms with Gasteiger partial charge in [-0.05, 0) is 171 Å². The fourth-order valence-corrected chi connectivity index (χ4v) is 7.64. The molecule has 0 saturated carbocycles. The number of nitrogens with one attached hydrogen (secondary N) is 4. The third-order valence-corrected chi connectivity index (χ3v) is 11.5. The van der Waals surface area contributed by atoms with E-state index in [0.717, 1.165) is 22.7 Å². The fraction of sp³-hybridized carbons (Fsp3) is 0.367. The molecule has 0 spiro atoms. The number of imidazole rings is 2. The van der Waals surface area contributed by atoms with Gasteiger partial charge in [0.15, 0.2) is 11.3 Å². The Labute approximate surface area is 486 Å². The number of rotatable bonds is 27. The van der Waals surface area contributed by atoms with Crippen molar-refractivity contribution < 1.29 is 57.4 Å². The van der Waals surface area contributed by atoms with Gasteiger partial charge in [0.1, 0.15) is 57.9 Å². The highest BCUT2D eigenvalue weighted by Gasteiger charge is 2.17. The predicted molar refractivity (Wildman–Crippen MR) is 315 cm³/mol. The first-order valence-corrected chi connectivity index (χ1v) is 27.5. The van der Waals surface area contributed by atoms with Crippen LogP contribution in [0.25, 0.3) is 33.7 Å². The zero-order chi connectivity index (χ0) is 59.9. The topological polar surface area (TPSA) is 288 Å². The third-order valence-electron chi connectivity index (χ3n) is 11.5. The van der Waals surface area contributed by atoms with E-state index in [9.17, 15) is 19.2 Å². The number of fused-ring (bicyclic) bond motifs is 2. The molecule has 0 bridgehead atoms. The van der Waals surface area contributed by atoms with Crippen LogP contribution in [0.4, 0.5) is 32.9 Å².